The molecular weight excluding hydrogens is 262 g/mol. The summed E-state index contributed by atoms with van der Waals surface area (Å²) in [6, 6.07) is 2.74. The van der Waals surface area contributed by atoms with Gasteiger partial charge in [-0.3, -0.25) is 15.3 Å². The van der Waals surface area contributed by atoms with E-state index in [0.29, 0.717) is 6.04 Å². The van der Waals surface area contributed by atoms with Gasteiger partial charge in [-0.2, -0.15) is 0 Å². The molecule has 2 fully saturated rings. The van der Waals surface area contributed by atoms with Crippen LogP contribution in [0.1, 0.15) is 36.2 Å². The number of piperidine rings is 1. The predicted molar refractivity (Wildman–Crippen MR) is 86.2 cm³/mol. The fourth-order valence-corrected chi connectivity index (χ4v) is 3.77. The Morgan fingerprint density at radius 3 is 2.86 bits per heavy atom. The van der Waals surface area contributed by atoms with E-state index in [-0.39, 0.29) is 5.84 Å². The van der Waals surface area contributed by atoms with Gasteiger partial charge in [0.15, 0.2) is 0 Å². The number of amidine groups is 1. The Bertz CT molecular complexity index is 554. The number of fused-ring (bicyclic) bond motifs is 1. The van der Waals surface area contributed by atoms with E-state index in [1.807, 2.05) is 13.8 Å². The fourth-order valence-electron chi connectivity index (χ4n) is 3.77. The van der Waals surface area contributed by atoms with Crippen LogP contribution >= 0.6 is 0 Å². The average Bonchev–Trinajstić information content (AvgIpc) is 2.45. The number of aromatic nitrogens is 1. The van der Waals surface area contributed by atoms with Crippen LogP contribution in [0.4, 0.5) is 5.69 Å². The van der Waals surface area contributed by atoms with E-state index < -0.39 is 0 Å². The van der Waals surface area contributed by atoms with Crippen molar-refractivity contribution in [2.45, 2.75) is 39.2 Å². The van der Waals surface area contributed by atoms with E-state index in [4.69, 9.17) is 11.1 Å². The summed E-state index contributed by atoms with van der Waals surface area (Å²) in [7, 11) is 0. The lowest BCUT2D eigenvalue weighted by atomic mass is 9.98. The minimum atomic E-state index is 0.126. The van der Waals surface area contributed by atoms with Gasteiger partial charge in [-0.25, -0.2) is 0 Å². The van der Waals surface area contributed by atoms with Crippen LogP contribution in [0.3, 0.4) is 0 Å². The maximum atomic E-state index is 7.89. The number of piperazine rings is 1. The molecule has 1 aromatic rings. The SMILES string of the molecule is Cc1cc(N2CCN3CCCCC3C2)c(C(=N)N)c(C)n1. The van der Waals surface area contributed by atoms with Gasteiger partial charge in [0, 0.05) is 31.4 Å². The van der Waals surface area contributed by atoms with Crippen molar-refractivity contribution in [2.24, 2.45) is 5.73 Å². The third kappa shape index (κ3) is 2.75. The first-order valence-electron chi connectivity index (χ1n) is 7.88. The number of rotatable bonds is 2. The summed E-state index contributed by atoms with van der Waals surface area (Å²) in [5, 5.41) is 7.89. The Labute approximate surface area is 126 Å². The second-order valence-corrected chi connectivity index (χ2v) is 6.29. The lowest BCUT2D eigenvalue weighted by molar-refractivity contribution is 0.133. The van der Waals surface area contributed by atoms with Gasteiger partial charge >= 0.3 is 0 Å². The molecule has 0 aliphatic carbocycles. The van der Waals surface area contributed by atoms with Gasteiger partial charge in [-0.05, 0) is 39.3 Å². The molecule has 1 aromatic heterocycles. The third-order valence-corrected chi connectivity index (χ3v) is 4.75. The van der Waals surface area contributed by atoms with Crippen molar-refractivity contribution in [3.05, 3.63) is 23.0 Å². The Balaban J connectivity index is 1.91. The number of hydrogen-bond acceptors (Lipinski definition) is 4. The average molecular weight is 287 g/mol. The molecule has 2 saturated heterocycles. The highest BCUT2D eigenvalue weighted by Gasteiger charge is 2.30. The maximum absolute atomic E-state index is 7.89. The maximum Gasteiger partial charge on any atom is 0.126 e. The molecule has 0 bridgehead atoms. The molecule has 3 N–H and O–H groups in total. The van der Waals surface area contributed by atoms with Gasteiger partial charge in [-0.15, -0.1) is 0 Å². The zero-order valence-corrected chi connectivity index (χ0v) is 13.0. The van der Waals surface area contributed by atoms with Crippen molar-refractivity contribution < 1.29 is 0 Å². The molecule has 2 aliphatic rings. The number of anilines is 1. The van der Waals surface area contributed by atoms with Gasteiger partial charge in [0.2, 0.25) is 0 Å². The molecule has 2 aliphatic heterocycles. The Morgan fingerprint density at radius 1 is 1.29 bits per heavy atom. The molecular formula is C16H25N5. The number of nitrogens with one attached hydrogen (secondary N) is 1. The van der Waals surface area contributed by atoms with Crippen molar-refractivity contribution in [1.29, 1.82) is 5.41 Å². The summed E-state index contributed by atoms with van der Waals surface area (Å²) in [6.07, 6.45) is 3.96. The van der Waals surface area contributed by atoms with Crippen LogP contribution in [0.2, 0.25) is 0 Å². The second kappa shape index (κ2) is 5.64. The molecule has 1 atom stereocenters. The number of nitrogens with zero attached hydrogens (tertiary/aromatic N) is 3. The summed E-state index contributed by atoms with van der Waals surface area (Å²) in [6.45, 7) is 8.37. The molecule has 0 aromatic carbocycles. The van der Waals surface area contributed by atoms with Gasteiger partial charge in [0.05, 0.1) is 16.9 Å². The third-order valence-electron chi connectivity index (χ3n) is 4.75. The highest BCUT2D eigenvalue weighted by atomic mass is 15.3. The van der Waals surface area contributed by atoms with E-state index in [0.717, 1.165) is 42.3 Å². The summed E-state index contributed by atoms with van der Waals surface area (Å²) < 4.78 is 0. The van der Waals surface area contributed by atoms with Crippen LogP contribution in [0.5, 0.6) is 0 Å². The largest absolute Gasteiger partial charge is 0.384 e. The van der Waals surface area contributed by atoms with Crippen LogP contribution in [-0.4, -0.2) is 47.9 Å². The Morgan fingerprint density at radius 2 is 2.10 bits per heavy atom. The first kappa shape index (κ1) is 14.3. The van der Waals surface area contributed by atoms with E-state index in [1.54, 1.807) is 0 Å². The fraction of sp³-hybridized carbons (Fsp3) is 0.625. The standard InChI is InChI=1S/C16H25N5/c1-11-9-14(15(16(17)18)12(2)19-11)21-8-7-20-6-4-3-5-13(20)10-21/h9,13H,3-8,10H2,1-2H3,(H3,17,18). The molecule has 3 heterocycles. The highest BCUT2D eigenvalue weighted by molar-refractivity contribution is 6.01. The number of nitrogen functional groups attached to an aromatic ring is 1. The number of hydrogen-bond donors (Lipinski definition) is 2. The molecule has 3 rings (SSSR count). The topological polar surface area (TPSA) is 69.2 Å². The summed E-state index contributed by atoms with van der Waals surface area (Å²) in [5.74, 6) is 0.126. The molecule has 0 spiro atoms. The van der Waals surface area contributed by atoms with Crippen LogP contribution in [0, 0.1) is 19.3 Å². The minimum absolute atomic E-state index is 0.126. The van der Waals surface area contributed by atoms with Crippen LogP contribution in [0.15, 0.2) is 6.07 Å². The smallest absolute Gasteiger partial charge is 0.126 e. The lowest BCUT2D eigenvalue weighted by Crippen LogP contribution is -2.55. The van der Waals surface area contributed by atoms with Crippen LogP contribution < -0.4 is 10.6 Å². The van der Waals surface area contributed by atoms with Gasteiger partial charge in [0.25, 0.3) is 0 Å². The van der Waals surface area contributed by atoms with Crippen LogP contribution in [0.25, 0.3) is 0 Å². The number of nitrogens with two attached hydrogens (primary N) is 1. The minimum Gasteiger partial charge on any atom is -0.384 e. The quantitative estimate of drug-likeness (QED) is 0.641. The molecule has 0 saturated carbocycles. The summed E-state index contributed by atoms with van der Waals surface area (Å²) >= 11 is 0. The normalized spacial score (nSPS) is 23.0. The van der Waals surface area contributed by atoms with Crippen LogP contribution in [-0.2, 0) is 0 Å². The lowest BCUT2D eigenvalue weighted by Gasteiger charge is -2.45. The summed E-state index contributed by atoms with van der Waals surface area (Å²) in [5.41, 5.74) is 9.58. The zero-order chi connectivity index (χ0) is 15.0. The summed E-state index contributed by atoms with van der Waals surface area (Å²) in [4.78, 5) is 9.50. The zero-order valence-electron chi connectivity index (χ0n) is 13.0. The van der Waals surface area contributed by atoms with Crippen molar-refractivity contribution >= 4 is 11.5 Å². The first-order valence-corrected chi connectivity index (χ1v) is 7.88. The van der Waals surface area contributed by atoms with E-state index in [9.17, 15) is 0 Å². The van der Waals surface area contributed by atoms with E-state index in [1.165, 1.54) is 25.8 Å². The molecule has 114 valence electrons. The Hall–Kier alpha value is -1.62. The van der Waals surface area contributed by atoms with E-state index >= 15 is 0 Å². The number of pyridine rings is 1. The van der Waals surface area contributed by atoms with Crippen molar-refractivity contribution in [1.82, 2.24) is 9.88 Å². The predicted octanol–water partition coefficient (Wildman–Crippen LogP) is 1.66. The van der Waals surface area contributed by atoms with Crippen molar-refractivity contribution in [2.75, 3.05) is 31.1 Å². The number of aryl methyl sites for hydroxylation is 2. The molecule has 0 amide bonds. The monoisotopic (exact) mass is 287 g/mol. The second-order valence-electron chi connectivity index (χ2n) is 6.29. The van der Waals surface area contributed by atoms with Crippen molar-refractivity contribution in [3.63, 3.8) is 0 Å². The molecule has 5 nitrogen and oxygen atoms in total. The highest BCUT2D eigenvalue weighted by Crippen LogP contribution is 2.28. The van der Waals surface area contributed by atoms with Gasteiger partial charge < -0.3 is 10.6 Å². The molecule has 0 radical (unpaired) electrons. The molecule has 5 heteroatoms. The Kier molecular flexibility index (Phi) is 3.85. The molecule has 1 unspecified atom stereocenters. The van der Waals surface area contributed by atoms with E-state index in [2.05, 4.69) is 20.9 Å². The van der Waals surface area contributed by atoms with Gasteiger partial charge in [-0.1, -0.05) is 6.42 Å². The first-order chi connectivity index (χ1) is 10.1. The van der Waals surface area contributed by atoms with Crippen molar-refractivity contribution in [3.8, 4) is 0 Å². The molecule has 21 heavy (non-hydrogen) atoms. The van der Waals surface area contributed by atoms with Gasteiger partial charge in [0.1, 0.15) is 5.84 Å².